The van der Waals surface area contributed by atoms with Crippen LogP contribution in [0.2, 0.25) is 0 Å². The van der Waals surface area contributed by atoms with Crippen LogP contribution in [0, 0.1) is 0 Å². The zero-order chi connectivity index (χ0) is 13.9. The summed E-state index contributed by atoms with van der Waals surface area (Å²) in [6, 6.07) is 0.300. The Hall–Kier alpha value is -0.880. The summed E-state index contributed by atoms with van der Waals surface area (Å²) in [5, 5.41) is 7.45. The Morgan fingerprint density at radius 2 is 2.06 bits per heavy atom. The zero-order valence-corrected chi connectivity index (χ0v) is 13.2. The van der Waals surface area contributed by atoms with Gasteiger partial charge in [-0.15, -0.1) is 0 Å². The standard InChI is InChI=1S/C12H21BrN4O/c1-8(2)17-12(18)11(13)10(6-14-17)15-9(3)7-16(4)5/h6,8-9,15H,7H2,1-5H3. The molecule has 1 atom stereocenters. The number of halogens is 1. The Balaban J connectivity index is 2.92. The number of nitrogens with zero attached hydrogens (tertiary/aromatic N) is 3. The lowest BCUT2D eigenvalue weighted by Gasteiger charge is -2.20. The third-order valence-corrected chi connectivity index (χ3v) is 3.24. The molecule has 0 aliphatic carbocycles. The minimum atomic E-state index is -0.105. The Morgan fingerprint density at radius 3 is 2.56 bits per heavy atom. The van der Waals surface area contributed by atoms with E-state index in [1.807, 2.05) is 27.9 Å². The van der Waals surface area contributed by atoms with E-state index < -0.39 is 0 Å². The molecule has 0 spiro atoms. The van der Waals surface area contributed by atoms with Gasteiger partial charge >= 0.3 is 0 Å². The summed E-state index contributed by atoms with van der Waals surface area (Å²) in [6.45, 7) is 6.82. The molecule has 0 aliphatic heterocycles. The molecule has 18 heavy (non-hydrogen) atoms. The minimum Gasteiger partial charge on any atom is -0.379 e. The van der Waals surface area contributed by atoms with Gasteiger partial charge in [-0.1, -0.05) is 0 Å². The smallest absolute Gasteiger partial charge is 0.283 e. The van der Waals surface area contributed by atoms with Gasteiger partial charge in [0.1, 0.15) is 4.47 Å². The van der Waals surface area contributed by atoms with Crippen LogP contribution in [0.15, 0.2) is 15.5 Å². The van der Waals surface area contributed by atoms with E-state index >= 15 is 0 Å². The first-order valence-electron chi connectivity index (χ1n) is 6.01. The van der Waals surface area contributed by atoms with Gasteiger partial charge in [-0.3, -0.25) is 4.79 Å². The summed E-state index contributed by atoms with van der Waals surface area (Å²) in [4.78, 5) is 14.1. The van der Waals surface area contributed by atoms with E-state index in [0.29, 0.717) is 4.47 Å². The van der Waals surface area contributed by atoms with Crippen molar-refractivity contribution >= 4 is 21.6 Å². The largest absolute Gasteiger partial charge is 0.379 e. The van der Waals surface area contributed by atoms with E-state index in [4.69, 9.17) is 0 Å². The molecular formula is C12H21BrN4O. The Labute approximate surface area is 116 Å². The van der Waals surface area contributed by atoms with E-state index in [1.54, 1.807) is 6.20 Å². The van der Waals surface area contributed by atoms with E-state index in [2.05, 4.69) is 38.2 Å². The van der Waals surface area contributed by atoms with E-state index in [1.165, 1.54) is 4.68 Å². The van der Waals surface area contributed by atoms with Gasteiger partial charge in [-0.25, -0.2) is 4.68 Å². The summed E-state index contributed by atoms with van der Waals surface area (Å²) >= 11 is 3.34. The fourth-order valence-corrected chi connectivity index (χ4v) is 2.17. The van der Waals surface area contributed by atoms with Crippen LogP contribution in [0.25, 0.3) is 0 Å². The number of nitrogens with one attached hydrogen (secondary N) is 1. The SMILES string of the molecule is CC(CN(C)C)Nc1cnn(C(C)C)c(=O)c1Br. The topological polar surface area (TPSA) is 50.2 Å². The third kappa shape index (κ3) is 3.81. The molecule has 5 nitrogen and oxygen atoms in total. The highest BCUT2D eigenvalue weighted by molar-refractivity contribution is 9.10. The second-order valence-electron chi connectivity index (χ2n) is 5.02. The number of likely N-dealkylation sites (N-methyl/N-ethyl adjacent to an activating group) is 1. The van der Waals surface area contributed by atoms with Crippen molar-refractivity contribution in [1.82, 2.24) is 14.7 Å². The van der Waals surface area contributed by atoms with Crippen molar-refractivity contribution < 1.29 is 0 Å². The van der Waals surface area contributed by atoms with Gasteiger partial charge in [0.15, 0.2) is 0 Å². The van der Waals surface area contributed by atoms with Crippen LogP contribution in [-0.2, 0) is 0 Å². The molecule has 0 amide bonds. The van der Waals surface area contributed by atoms with Gasteiger partial charge in [-0.2, -0.15) is 5.10 Å². The molecule has 0 saturated carbocycles. The molecular weight excluding hydrogens is 296 g/mol. The minimum absolute atomic E-state index is 0.0575. The van der Waals surface area contributed by atoms with Crippen LogP contribution in [0.3, 0.4) is 0 Å². The van der Waals surface area contributed by atoms with Gasteiger partial charge in [-0.05, 0) is 50.8 Å². The van der Waals surface area contributed by atoms with Crippen LogP contribution < -0.4 is 10.9 Å². The number of hydrogen-bond acceptors (Lipinski definition) is 4. The second kappa shape index (κ2) is 6.33. The van der Waals surface area contributed by atoms with E-state index in [0.717, 1.165) is 12.2 Å². The van der Waals surface area contributed by atoms with Crippen molar-refractivity contribution in [2.24, 2.45) is 0 Å². The molecule has 102 valence electrons. The van der Waals surface area contributed by atoms with Gasteiger partial charge in [0.05, 0.1) is 17.9 Å². The predicted octanol–water partition coefficient (Wildman–Crippen LogP) is 1.95. The number of hydrogen-bond donors (Lipinski definition) is 1. The van der Waals surface area contributed by atoms with Gasteiger partial charge in [0.2, 0.25) is 0 Å². The van der Waals surface area contributed by atoms with Crippen molar-refractivity contribution in [3.8, 4) is 0 Å². The molecule has 0 bridgehead atoms. The second-order valence-corrected chi connectivity index (χ2v) is 5.82. The molecule has 1 heterocycles. The molecule has 0 aromatic carbocycles. The van der Waals surface area contributed by atoms with E-state index in [9.17, 15) is 4.79 Å². The predicted molar refractivity (Wildman–Crippen MR) is 78.2 cm³/mol. The maximum atomic E-state index is 12.0. The summed E-state index contributed by atoms with van der Waals surface area (Å²) in [5.74, 6) is 0. The first kappa shape index (κ1) is 15.2. The molecule has 1 aromatic rings. The van der Waals surface area contributed by atoms with Crippen molar-refractivity contribution in [3.05, 3.63) is 21.0 Å². The van der Waals surface area contributed by atoms with Crippen LogP contribution in [-0.4, -0.2) is 41.4 Å². The Morgan fingerprint density at radius 1 is 1.44 bits per heavy atom. The monoisotopic (exact) mass is 316 g/mol. The fraction of sp³-hybridized carbons (Fsp3) is 0.667. The maximum absolute atomic E-state index is 12.0. The molecule has 1 N–H and O–H groups in total. The molecule has 6 heteroatoms. The molecule has 1 unspecified atom stereocenters. The summed E-state index contributed by atoms with van der Waals surface area (Å²) in [7, 11) is 4.03. The van der Waals surface area contributed by atoms with E-state index in [-0.39, 0.29) is 17.6 Å². The molecule has 1 aromatic heterocycles. The summed E-state index contributed by atoms with van der Waals surface area (Å²) < 4.78 is 2.00. The molecule has 0 fully saturated rings. The summed E-state index contributed by atoms with van der Waals surface area (Å²) in [6.07, 6.45) is 1.69. The lowest BCUT2D eigenvalue weighted by molar-refractivity contribution is 0.392. The van der Waals surface area contributed by atoms with Crippen LogP contribution in [0.4, 0.5) is 5.69 Å². The first-order valence-corrected chi connectivity index (χ1v) is 6.80. The average molecular weight is 317 g/mol. The van der Waals surface area contributed by atoms with Crippen molar-refractivity contribution in [2.45, 2.75) is 32.9 Å². The molecule has 0 saturated heterocycles. The number of anilines is 1. The normalized spacial score (nSPS) is 13.1. The van der Waals surface area contributed by atoms with Crippen LogP contribution in [0.1, 0.15) is 26.8 Å². The first-order chi connectivity index (χ1) is 8.32. The number of rotatable bonds is 5. The van der Waals surface area contributed by atoms with Crippen molar-refractivity contribution in [3.63, 3.8) is 0 Å². The van der Waals surface area contributed by atoms with Gasteiger partial charge in [0.25, 0.3) is 5.56 Å². The molecule has 0 aliphatic rings. The zero-order valence-electron chi connectivity index (χ0n) is 11.6. The quantitative estimate of drug-likeness (QED) is 0.902. The molecule has 0 radical (unpaired) electrons. The third-order valence-electron chi connectivity index (χ3n) is 2.47. The highest BCUT2D eigenvalue weighted by Gasteiger charge is 2.12. The van der Waals surface area contributed by atoms with Crippen LogP contribution >= 0.6 is 15.9 Å². The maximum Gasteiger partial charge on any atom is 0.283 e. The van der Waals surface area contributed by atoms with Gasteiger partial charge < -0.3 is 10.2 Å². The van der Waals surface area contributed by atoms with Crippen molar-refractivity contribution in [1.29, 1.82) is 0 Å². The Bertz CT molecular complexity index is 456. The highest BCUT2D eigenvalue weighted by Crippen LogP contribution is 2.18. The fourth-order valence-electron chi connectivity index (χ4n) is 1.77. The van der Waals surface area contributed by atoms with Gasteiger partial charge in [0, 0.05) is 12.6 Å². The average Bonchev–Trinajstić information content (AvgIpc) is 2.23. The Kier molecular flexibility index (Phi) is 5.34. The molecule has 1 rings (SSSR count). The van der Waals surface area contributed by atoms with Crippen LogP contribution in [0.5, 0.6) is 0 Å². The summed E-state index contributed by atoms with van der Waals surface area (Å²) in [5.41, 5.74) is 0.637. The lowest BCUT2D eigenvalue weighted by Crippen LogP contribution is -2.32. The van der Waals surface area contributed by atoms with Crippen molar-refractivity contribution in [2.75, 3.05) is 26.0 Å². The highest BCUT2D eigenvalue weighted by atomic mass is 79.9. The number of aromatic nitrogens is 2. The lowest BCUT2D eigenvalue weighted by atomic mass is 10.3.